The van der Waals surface area contributed by atoms with E-state index in [1.165, 1.54) is 12.1 Å². The van der Waals surface area contributed by atoms with Gasteiger partial charge in [-0.1, -0.05) is 19.1 Å². The van der Waals surface area contributed by atoms with Crippen LogP contribution in [0.3, 0.4) is 0 Å². The fourth-order valence-corrected chi connectivity index (χ4v) is 3.45. The summed E-state index contributed by atoms with van der Waals surface area (Å²) in [7, 11) is 0. The zero-order chi connectivity index (χ0) is 21.2. The molecule has 4 nitrogen and oxygen atoms in total. The fourth-order valence-electron chi connectivity index (χ4n) is 3.45. The van der Waals surface area contributed by atoms with Gasteiger partial charge in [-0.05, 0) is 54.7 Å². The van der Waals surface area contributed by atoms with Crippen LogP contribution in [0.2, 0.25) is 0 Å². The monoisotopic (exact) mass is 406 g/mol. The molecule has 1 aliphatic carbocycles. The lowest BCUT2D eigenvalue weighted by Crippen LogP contribution is -2.17. The number of ether oxygens (including phenoxy) is 1. The van der Waals surface area contributed by atoms with Gasteiger partial charge in [0.2, 0.25) is 0 Å². The van der Waals surface area contributed by atoms with Crippen LogP contribution in [0, 0.1) is 0 Å². The standard InChI is InChI=1S/C22H21F3O4/c1-2-16(8-10-21(27)28)29-20-12-17-14(5-9-19(17)26)11-18(20)13-3-6-15(7-4-13)22(23,24)25/h3-4,6-7,11-12,16H,2,5,8-10H2,1H3,(H,27,28). The lowest BCUT2D eigenvalue weighted by Gasteiger charge is -2.21. The molecule has 0 saturated heterocycles. The molecule has 0 bridgehead atoms. The van der Waals surface area contributed by atoms with E-state index in [1.54, 1.807) is 12.1 Å². The van der Waals surface area contributed by atoms with Gasteiger partial charge in [0.1, 0.15) is 5.75 Å². The minimum atomic E-state index is -4.42. The summed E-state index contributed by atoms with van der Waals surface area (Å²) in [5, 5.41) is 8.92. The van der Waals surface area contributed by atoms with Crippen molar-refractivity contribution in [3.05, 3.63) is 53.1 Å². The molecule has 0 aromatic heterocycles. The van der Waals surface area contributed by atoms with Crippen molar-refractivity contribution in [1.29, 1.82) is 0 Å². The molecule has 0 radical (unpaired) electrons. The largest absolute Gasteiger partial charge is 0.490 e. The molecule has 1 aliphatic rings. The van der Waals surface area contributed by atoms with E-state index in [0.717, 1.165) is 17.7 Å². The number of hydrogen-bond donors (Lipinski definition) is 1. The Balaban J connectivity index is 1.99. The average molecular weight is 406 g/mol. The van der Waals surface area contributed by atoms with Crippen molar-refractivity contribution in [3.8, 4) is 16.9 Å². The first-order valence-electron chi connectivity index (χ1n) is 9.45. The number of hydrogen-bond acceptors (Lipinski definition) is 3. The zero-order valence-corrected chi connectivity index (χ0v) is 15.9. The number of rotatable bonds is 7. The third-order valence-electron chi connectivity index (χ3n) is 5.08. The number of carbonyl (C=O) groups excluding carboxylic acids is 1. The smallest absolute Gasteiger partial charge is 0.416 e. The number of halogens is 3. The summed E-state index contributed by atoms with van der Waals surface area (Å²) >= 11 is 0. The van der Waals surface area contributed by atoms with Crippen molar-refractivity contribution in [2.75, 3.05) is 0 Å². The van der Waals surface area contributed by atoms with Crippen molar-refractivity contribution in [2.45, 2.75) is 51.3 Å². The van der Waals surface area contributed by atoms with E-state index in [0.29, 0.717) is 48.1 Å². The van der Waals surface area contributed by atoms with E-state index in [2.05, 4.69) is 0 Å². The second-order valence-electron chi connectivity index (χ2n) is 7.08. The van der Waals surface area contributed by atoms with Crippen LogP contribution in [0.4, 0.5) is 13.2 Å². The zero-order valence-electron chi connectivity index (χ0n) is 15.9. The highest BCUT2D eigenvalue weighted by Gasteiger charge is 2.30. The number of fused-ring (bicyclic) bond motifs is 1. The molecule has 154 valence electrons. The van der Waals surface area contributed by atoms with Crippen LogP contribution >= 0.6 is 0 Å². The Morgan fingerprint density at radius 1 is 1.14 bits per heavy atom. The van der Waals surface area contributed by atoms with Gasteiger partial charge in [0, 0.05) is 24.0 Å². The van der Waals surface area contributed by atoms with Crippen LogP contribution in [0.25, 0.3) is 11.1 Å². The van der Waals surface area contributed by atoms with Crippen LogP contribution in [-0.4, -0.2) is 23.0 Å². The van der Waals surface area contributed by atoms with E-state index in [9.17, 15) is 22.8 Å². The number of carboxylic acids is 1. The Morgan fingerprint density at radius 2 is 1.83 bits per heavy atom. The Morgan fingerprint density at radius 3 is 2.41 bits per heavy atom. The number of ketones is 1. The van der Waals surface area contributed by atoms with Crippen LogP contribution < -0.4 is 4.74 Å². The summed E-state index contributed by atoms with van der Waals surface area (Å²) < 4.78 is 44.7. The summed E-state index contributed by atoms with van der Waals surface area (Å²) in [5.74, 6) is -0.544. The first-order chi connectivity index (χ1) is 13.7. The highest BCUT2D eigenvalue weighted by atomic mass is 19.4. The van der Waals surface area contributed by atoms with Gasteiger partial charge in [-0.2, -0.15) is 13.2 Å². The van der Waals surface area contributed by atoms with Crippen LogP contribution in [0.1, 0.15) is 54.1 Å². The van der Waals surface area contributed by atoms with Gasteiger partial charge in [0.05, 0.1) is 11.7 Å². The van der Waals surface area contributed by atoms with Gasteiger partial charge in [-0.3, -0.25) is 9.59 Å². The number of carboxylic acid groups (broad SMARTS) is 1. The molecule has 2 aromatic rings. The summed E-state index contributed by atoms with van der Waals surface area (Å²) in [6, 6.07) is 8.22. The van der Waals surface area contributed by atoms with Gasteiger partial charge in [-0.15, -0.1) is 0 Å². The molecule has 29 heavy (non-hydrogen) atoms. The van der Waals surface area contributed by atoms with Gasteiger partial charge in [-0.25, -0.2) is 0 Å². The maximum absolute atomic E-state index is 12.9. The van der Waals surface area contributed by atoms with E-state index in [4.69, 9.17) is 9.84 Å². The normalized spacial score (nSPS) is 14.6. The number of benzene rings is 2. The number of aliphatic carboxylic acids is 1. The second kappa shape index (κ2) is 8.27. The summed E-state index contributed by atoms with van der Waals surface area (Å²) in [5.41, 5.74) is 1.80. The number of Topliss-reactive ketones (excluding diaryl/α,β-unsaturated/α-hetero) is 1. The molecule has 1 atom stereocenters. The second-order valence-corrected chi connectivity index (χ2v) is 7.08. The lowest BCUT2D eigenvalue weighted by atomic mass is 9.98. The van der Waals surface area contributed by atoms with Crippen molar-refractivity contribution in [2.24, 2.45) is 0 Å². The van der Waals surface area contributed by atoms with Crippen LogP contribution in [0.5, 0.6) is 5.75 Å². The van der Waals surface area contributed by atoms with E-state index < -0.39 is 17.7 Å². The molecule has 0 fully saturated rings. The van der Waals surface area contributed by atoms with E-state index in [1.807, 2.05) is 6.92 Å². The molecular weight excluding hydrogens is 385 g/mol. The lowest BCUT2D eigenvalue weighted by molar-refractivity contribution is -0.138. The van der Waals surface area contributed by atoms with Crippen LogP contribution in [0.15, 0.2) is 36.4 Å². The first-order valence-corrected chi connectivity index (χ1v) is 9.45. The predicted octanol–water partition coefficient (Wildman–Crippen LogP) is 5.52. The summed E-state index contributed by atoms with van der Waals surface area (Å²) in [4.78, 5) is 23.0. The molecule has 3 rings (SSSR count). The number of aryl methyl sites for hydroxylation is 1. The maximum atomic E-state index is 12.9. The molecule has 0 heterocycles. The van der Waals surface area contributed by atoms with Crippen molar-refractivity contribution in [3.63, 3.8) is 0 Å². The summed E-state index contributed by atoms with van der Waals surface area (Å²) in [6.45, 7) is 1.86. The Kier molecular flexibility index (Phi) is 5.96. The first kappa shape index (κ1) is 20.9. The molecule has 7 heteroatoms. The van der Waals surface area contributed by atoms with Crippen molar-refractivity contribution < 1.29 is 32.6 Å². The highest BCUT2D eigenvalue weighted by Crippen LogP contribution is 2.38. The molecule has 0 amide bonds. The van der Waals surface area contributed by atoms with Gasteiger partial charge < -0.3 is 9.84 Å². The van der Waals surface area contributed by atoms with E-state index >= 15 is 0 Å². The summed E-state index contributed by atoms with van der Waals surface area (Å²) in [6.07, 6.45) is -3.04. The van der Waals surface area contributed by atoms with E-state index in [-0.39, 0.29) is 18.3 Å². The SMILES string of the molecule is CCC(CCC(=O)O)Oc1cc2c(cc1-c1ccc(C(F)(F)F)cc1)CCC2=O. The van der Waals surface area contributed by atoms with Crippen molar-refractivity contribution in [1.82, 2.24) is 0 Å². The molecule has 0 spiro atoms. The third-order valence-corrected chi connectivity index (χ3v) is 5.08. The predicted molar refractivity (Wildman–Crippen MR) is 101 cm³/mol. The fraction of sp³-hybridized carbons (Fsp3) is 0.364. The minimum Gasteiger partial charge on any atom is -0.490 e. The van der Waals surface area contributed by atoms with Gasteiger partial charge in [0.25, 0.3) is 0 Å². The van der Waals surface area contributed by atoms with Gasteiger partial charge in [0.15, 0.2) is 5.78 Å². The molecule has 1 N–H and O–H groups in total. The Hall–Kier alpha value is -2.83. The van der Waals surface area contributed by atoms with Crippen molar-refractivity contribution >= 4 is 11.8 Å². The molecule has 0 saturated carbocycles. The topological polar surface area (TPSA) is 63.6 Å². The number of carbonyl (C=O) groups is 2. The number of alkyl halides is 3. The maximum Gasteiger partial charge on any atom is 0.416 e. The Bertz CT molecular complexity index is 917. The molecule has 0 aliphatic heterocycles. The molecule has 2 aromatic carbocycles. The third kappa shape index (κ3) is 4.78. The molecule has 1 unspecified atom stereocenters. The van der Waals surface area contributed by atoms with Gasteiger partial charge >= 0.3 is 12.1 Å². The molecular formula is C22H21F3O4. The van der Waals surface area contributed by atoms with Crippen LogP contribution in [-0.2, 0) is 17.4 Å². The minimum absolute atomic E-state index is 0.00223. The Labute approximate surface area is 166 Å². The quantitative estimate of drug-likeness (QED) is 0.657. The highest BCUT2D eigenvalue weighted by molar-refractivity contribution is 6.01. The average Bonchev–Trinajstić information content (AvgIpc) is 3.03.